The lowest BCUT2D eigenvalue weighted by Crippen LogP contribution is -2.41. The highest BCUT2D eigenvalue weighted by molar-refractivity contribution is 5.55. The van der Waals surface area contributed by atoms with E-state index < -0.39 is 11.5 Å². The normalized spacial score (nSPS) is 11.9. The first-order valence-corrected chi connectivity index (χ1v) is 3.93. The van der Waals surface area contributed by atoms with Crippen molar-refractivity contribution in [3.8, 4) is 0 Å². The van der Waals surface area contributed by atoms with Crippen molar-refractivity contribution < 1.29 is 15.5 Å². The van der Waals surface area contributed by atoms with Crippen molar-refractivity contribution in [2.75, 3.05) is 24.6 Å². The van der Waals surface area contributed by atoms with Gasteiger partial charge in [-0.15, -0.1) is 9.46 Å². The monoisotopic (exact) mass is 217 g/mol. The lowest BCUT2D eigenvalue weighted by atomic mass is 10.5. The predicted octanol–water partition coefficient (Wildman–Crippen LogP) is -2.82. The van der Waals surface area contributed by atoms with E-state index in [0.29, 0.717) is 0 Å². The van der Waals surface area contributed by atoms with Crippen molar-refractivity contribution >= 4 is 11.5 Å². The van der Waals surface area contributed by atoms with Crippen LogP contribution in [-0.4, -0.2) is 38.1 Å². The smallest absolute Gasteiger partial charge is 0.397 e. The number of aliphatic hydroxyl groups excluding tert-OH is 1. The molecule has 9 nitrogen and oxygen atoms in total. The number of aromatic nitrogens is 2. The molecule has 9 heteroatoms. The van der Waals surface area contributed by atoms with Gasteiger partial charge in [-0.1, -0.05) is 0 Å². The van der Waals surface area contributed by atoms with Crippen LogP contribution in [0.1, 0.15) is 0 Å². The molecule has 0 aliphatic carbocycles. The number of nitrogen functional groups attached to an aromatic ring is 2. The summed E-state index contributed by atoms with van der Waals surface area (Å²) < 4.78 is 0.0364. The van der Waals surface area contributed by atoms with E-state index in [9.17, 15) is 10.0 Å². The van der Waals surface area contributed by atoms with E-state index in [1.54, 1.807) is 0 Å². The van der Waals surface area contributed by atoms with Gasteiger partial charge >= 0.3 is 5.69 Å². The van der Waals surface area contributed by atoms with Crippen molar-refractivity contribution in [1.82, 2.24) is 9.46 Å². The maximum atomic E-state index is 11.1. The Morgan fingerprint density at radius 1 is 1.27 bits per heavy atom. The molecule has 7 N–H and O–H groups in total. The molecule has 0 radical (unpaired) electrons. The Labute approximate surface area is 83.0 Å². The van der Waals surface area contributed by atoms with Crippen molar-refractivity contribution in [1.29, 1.82) is 0 Å². The van der Waals surface area contributed by atoms with Crippen LogP contribution < -0.4 is 22.6 Å². The largest absolute Gasteiger partial charge is 0.422 e. The van der Waals surface area contributed by atoms with E-state index in [1.807, 2.05) is 0 Å². The second-order valence-corrected chi connectivity index (χ2v) is 2.63. The van der Waals surface area contributed by atoms with Gasteiger partial charge in [0.25, 0.3) is 0 Å². The molecule has 0 spiro atoms. The maximum Gasteiger partial charge on any atom is 0.397 e. The minimum atomic E-state index is -1.20. The fourth-order valence-corrected chi connectivity index (χ4v) is 0.934. The number of nitrogens with zero attached hydrogens (tertiary/aromatic N) is 3. The molecule has 1 aromatic heterocycles. The van der Waals surface area contributed by atoms with Crippen LogP contribution in [0.5, 0.6) is 0 Å². The molecular weight excluding hydrogens is 206 g/mol. The van der Waals surface area contributed by atoms with Gasteiger partial charge in [0.2, 0.25) is 0 Å². The van der Waals surface area contributed by atoms with Crippen molar-refractivity contribution in [3.63, 3.8) is 0 Å². The average Bonchev–Trinajstić information content (AvgIpc) is 2.24. The average molecular weight is 217 g/mol. The molecule has 0 atom stereocenters. The molecular formula is C6H11N5O4. The summed E-state index contributed by atoms with van der Waals surface area (Å²) in [6.07, 6.45) is 0. The molecule has 1 aromatic rings. The van der Waals surface area contributed by atoms with Crippen LogP contribution in [0.3, 0.4) is 0 Å². The van der Waals surface area contributed by atoms with Gasteiger partial charge in [0.15, 0.2) is 11.3 Å². The molecule has 0 unspecified atom stereocenters. The second-order valence-electron chi connectivity index (χ2n) is 2.63. The summed E-state index contributed by atoms with van der Waals surface area (Å²) in [6, 6.07) is 0. The number of nitrogens with two attached hydrogens (primary N) is 2. The van der Waals surface area contributed by atoms with Crippen molar-refractivity contribution in [2.24, 2.45) is 4.99 Å². The van der Waals surface area contributed by atoms with Crippen LogP contribution in [0.4, 0.5) is 11.5 Å². The zero-order chi connectivity index (χ0) is 11.6. The van der Waals surface area contributed by atoms with Crippen LogP contribution in [0, 0.1) is 0 Å². The standard InChI is InChI=1S/C6H11N5O4/c7-3-4(8)10(14)6(13)11(15)5(3)9-1-2-12/h12,14-15H,1-2,7-8H2. The van der Waals surface area contributed by atoms with E-state index in [1.165, 1.54) is 0 Å². The summed E-state index contributed by atoms with van der Waals surface area (Å²) in [7, 11) is 0. The summed E-state index contributed by atoms with van der Waals surface area (Å²) in [6.45, 7) is -0.333. The Hall–Kier alpha value is -2.16. The third-order valence-electron chi connectivity index (χ3n) is 1.67. The van der Waals surface area contributed by atoms with Crippen LogP contribution in [-0.2, 0) is 0 Å². The molecule has 84 valence electrons. The van der Waals surface area contributed by atoms with Gasteiger partial charge in [0.05, 0.1) is 13.2 Å². The van der Waals surface area contributed by atoms with Crippen LogP contribution in [0.15, 0.2) is 9.79 Å². The molecule has 15 heavy (non-hydrogen) atoms. The van der Waals surface area contributed by atoms with E-state index >= 15 is 0 Å². The number of rotatable bonds is 2. The maximum absolute atomic E-state index is 11.1. The third kappa shape index (κ3) is 1.72. The highest BCUT2D eigenvalue weighted by Crippen LogP contribution is 2.02. The van der Waals surface area contributed by atoms with E-state index in [0.717, 1.165) is 0 Å². The van der Waals surface area contributed by atoms with Crippen molar-refractivity contribution in [2.45, 2.75) is 0 Å². The zero-order valence-corrected chi connectivity index (χ0v) is 7.66. The number of aliphatic hydroxyl groups is 1. The zero-order valence-electron chi connectivity index (χ0n) is 7.66. The highest BCUT2D eigenvalue weighted by atomic mass is 16.5. The SMILES string of the molecule is Nc1c(N)n(O)c(=O)n(O)c1=NCCO. The Balaban J connectivity index is 3.60. The first-order chi connectivity index (χ1) is 7.00. The van der Waals surface area contributed by atoms with Gasteiger partial charge in [-0.2, -0.15) is 0 Å². The fraction of sp³-hybridized carbons (Fsp3) is 0.333. The van der Waals surface area contributed by atoms with Crippen molar-refractivity contribution in [3.05, 3.63) is 16.0 Å². The van der Waals surface area contributed by atoms with Gasteiger partial charge in [-0.25, -0.2) is 4.79 Å². The highest BCUT2D eigenvalue weighted by Gasteiger charge is 2.11. The lowest BCUT2D eigenvalue weighted by molar-refractivity contribution is 0.104. The molecule has 0 aliphatic heterocycles. The summed E-state index contributed by atoms with van der Waals surface area (Å²) in [5, 5.41) is 26.8. The van der Waals surface area contributed by atoms with Gasteiger partial charge in [0, 0.05) is 0 Å². The number of anilines is 2. The van der Waals surface area contributed by atoms with E-state index in [-0.39, 0.29) is 33.8 Å². The van der Waals surface area contributed by atoms with E-state index in [4.69, 9.17) is 21.8 Å². The summed E-state index contributed by atoms with van der Waals surface area (Å²) in [5.74, 6) is -0.429. The number of hydrogen-bond acceptors (Lipinski definition) is 7. The lowest BCUT2D eigenvalue weighted by Gasteiger charge is -2.07. The van der Waals surface area contributed by atoms with Crippen LogP contribution >= 0.6 is 0 Å². The topological polar surface area (TPSA) is 152 Å². The molecule has 0 aliphatic rings. The molecule has 0 aromatic carbocycles. The summed E-state index contributed by atoms with van der Waals surface area (Å²) in [5.41, 5.74) is 8.90. The molecule has 0 bridgehead atoms. The quantitative estimate of drug-likeness (QED) is 0.337. The first kappa shape index (κ1) is 10.9. The molecule has 0 amide bonds. The van der Waals surface area contributed by atoms with Crippen LogP contribution in [0.2, 0.25) is 0 Å². The molecule has 1 rings (SSSR count). The van der Waals surface area contributed by atoms with Gasteiger partial charge in [-0.05, 0) is 0 Å². The minimum absolute atomic E-state index is 0.00665. The molecule has 0 saturated heterocycles. The van der Waals surface area contributed by atoms with Crippen LogP contribution in [0.25, 0.3) is 0 Å². The van der Waals surface area contributed by atoms with Gasteiger partial charge < -0.3 is 27.0 Å². The summed E-state index contributed by atoms with van der Waals surface area (Å²) in [4.78, 5) is 14.7. The Kier molecular flexibility index (Phi) is 2.85. The predicted molar refractivity (Wildman–Crippen MR) is 49.4 cm³/mol. The fourth-order valence-electron chi connectivity index (χ4n) is 0.934. The molecule has 0 saturated carbocycles. The second kappa shape index (κ2) is 3.92. The Morgan fingerprint density at radius 3 is 2.40 bits per heavy atom. The molecule has 0 fully saturated rings. The number of hydrogen-bond donors (Lipinski definition) is 5. The first-order valence-electron chi connectivity index (χ1n) is 3.93. The summed E-state index contributed by atoms with van der Waals surface area (Å²) >= 11 is 0. The van der Waals surface area contributed by atoms with Gasteiger partial charge in [0.1, 0.15) is 5.69 Å². The Morgan fingerprint density at radius 2 is 1.87 bits per heavy atom. The minimum Gasteiger partial charge on any atom is -0.422 e. The van der Waals surface area contributed by atoms with E-state index in [2.05, 4.69) is 4.99 Å². The molecule has 1 heterocycles. The van der Waals surface area contributed by atoms with Gasteiger partial charge in [-0.3, -0.25) is 4.99 Å². The Bertz CT molecular complexity index is 488. The third-order valence-corrected chi connectivity index (χ3v) is 1.67.